The summed E-state index contributed by atoms with van der Waals surface area (Å²) in [5, 5.41) is 5.73. The zero-order chi connectivity index (χ0) is 27.8. The van der Waals surface area contributed by atoms with E-state index in [0.717, 1.165) is 43.6 Å². The van der Waals surface area contributed by atoms with E-state index in [1.54, 1.807) is 18.2 Å². The van der Waals surface area contributed by atoms with Gasteiger partial charge >= 0.3 is 6.18 Å². The molecule has 0 bridgehead atoms. The average Bonchev–Trinajstić information content (AvgIpc) is 2.93. The van der Waals surface area contributed by atoms with Gasteiger partial charge in [0.05, 0.1) is 5.56 Å². The van der Waals surface area contributed by atoms with Crippen molar-refractivity contribution in [1.82, 2.24) is 15.6 Å². The minimum absolute atomic E-state index is 0.0971. The van der Waals surface area contributed by atoms with E-state index in [9.17, 15) is 22.8 Å². The van der Waals surface area contributed by atoms with Crippen LogP contribution in [0.5, 0.6) is 17.2 Å². The first-order valence-corrected chi connectivity index (χ1v) is 12.8. The van der Waals surface area contributed by atoms with E-state index >= 15 is 0 Å². The Hall–Kier alpha value is -3.92. The van der Waals surface area contributed by atoms with Crippen LogP contribution in [0.25, 0.3) is 0 Å². The first kappa shape index (κ1) is 28.1. The van der Waals surface area contributed by atoms with Crippen LogP contribution in [0.4, 0.5) is 13.2 Å². The SMILES string of the molecule is CNC(=O)c1cc(Oc2ccc(CCC(=O)Cc3cc(C(F)(F)F)ccc3OC3CCNCC3)cc2)ccn1. The van der Waals surface area contributed by atoms with Gasteiger partial charge in [-0.3, -0.25) is 14.6 Å². The number of hydrogen-bond donors (Lipinski definition) is 2. The number of nitrogens with zero attached hydrogens (tertiary/aromatic N) is 1. The molecule has 1 saturated heterocycles. The van der Waals surface area contributed by atoms with E-state index < -0.39 is 11.7 Å². The number of carbonyl (C=O) groups excluding carboxylic acids is 2. The zero-order valence-electron chi connectivity index (χ0n) is 21.5. The lowest BCUT2D eigenvalue weighted by molar-refractivity contribution is -0.137. The second-order valence-electron chi connectivity index (χ2n) is 9.30. The lowest BCUT2D eigenvalue weighted by Crippen LogP contribution is -2.34. The van der Waals surface area contributed by atoms with Gasteiger partial charge < -0.3 is 20.1 Å². The number of aromatic nitrogens is 1. The van der Waals surface area contributed by atoms with E-state index in [-0.39, 0.29) is 41.9 Å². The van der Waals surface area contributed by atoms with Crippen molar-refractivity contribution in [1.29, 1.82) is 0 Å². The number of Topliss-reactive ketones (excluding diaryl/α,β-unsaturated/α-hetero) is 1. The summed E-state index contributed by atoms with van der Waals surface area (Å²) >= 11 is 0. The van der Waals surface area contributed by atoms with Gasteiger partial charge in [0.1, 0.15) is 34.8 Å². The van der Waals surface area contributed by atoms with Crippen LogP contribution in [0.2, 0.25) is 0 Å². The van der Waals surface area contributed by atoms with E-state index in [1.165, 1.54) is 25.4 Å². The smallest absolute Gasteiger partial charge is 0.416 e. The predicted octanol–water partition coefficient (Wildman–Crippen LogP) is 5.13. The third-order valence-corrected chi connectivity index (χ3v) is 6.40. The van der Waals surface area contributed by atoms with E-state index in [0.29, 0.717) is 23.7 Å². The highest BCUT2D eigenvalue weighted by Crippen LogP contribution is 2.34. The number of carbonyl (C=O) groups is 2. The summed E-state index contributed by atoms with van der Waals surface area (Å²) in [6, 6.07) is 13.6. The quantitative estimate of drug-likeness (QED) is 0.370. The largest absolute Gasteiger partial charge is 0.490 e. The Labute approximate surface area is 224 Å². The summed E-state index contributed by atoms with van der Waals surface area (Å²) in [5.74, 6) is 0.831. The number of aryl methyl sites for hydroxylation is 1. The highest BCUT2D eigenvalue weighted by molar-refractivity contribution is 5.92. The van der Waals surface area contributed by atoms with Crippen molar-refractivity contribution < 1.29 is 32.2 Å². The van der Waals surface area contributed by atoms with Gasteiger partial charge in [-0.25, -0.2) is 0 Å². The summed E-state index contributed by atoms with van der Waals surface area (Å²) in [7, 11) is 1.52. The Balaban J connectivity index is 1.36. The van der Waals surface area contributed by atoms with Crippen LogP contribution in [0.1, 0.15) is 46.4 Å². The van der Waals surface area contributed by atoms with Crippen LogP contribution < -0.4 is 20.1 Å². The van der Waals surface area contributed by atoms with Crippen molar-refractivity contribution in [2.45, 2.75) is 44.4 Å². The molecule has 10 heteroatoms. The number of rotatable bonds is 10. The van der Waals surface area contributed by atoms with Gasteiger partial charge in [0.25, 0.3) is 5.91 Å². The Morgan fingerprint density at radius 1 is 1.03 bits per heavy atom. The summed E-state index contributed by atoms with van der Waals surface area (Å²) in [4.78, 5) is 28.6. The second-order valence-corrected chi connectivity index (χ2v) is 9.30. The number of ether oxygens (including phenoxy) is 2. The fraction of sp³-hybridized carbons (Fsp3) is 0.345. The number of alkyl halides is 3. The Bertz CT molecular complexity index is 1290. The molecule has 7 nitrogen and oxygen atoms in total. The van der Waals surface area contributed by atoms with E-state index in [2.05, 4.69) is 15.6 Å². The Morgan fingerprint density at radius 2 is 1.77 bits per heavy atom. The second kappa shape index (κ2) is 12.8. The van der Waals surface area contributed by atoms with E-state index in [4.69, 9.17) is 9.47 Å². The molecule has 1 aromatic heterocycles. The van der Waals surface area contributed by atoms with Crippen molar-refractivity contribution in [3.8, 4) is 17.2 Å². The number of piperidine rings is 1. The van der Waals surface area contributed by atoms with Crippen LogP contribution in [0.3, 0.4) is 0 Å². The number of benzene rings is 2. The molecule has 3 aromatic rings. The van der Waals surface area contributed by atoms with Gasteiger partial charge in [0.2, 0.25) is 0 Å². The summed E-state index contributed by atoms with van der Waals surface area (Å²) in [5.41, 5.74) is 0.572. The first-order chi connectivity index (χ1) is 18.7. The molecule has 206 valence electrons. The number of halogens is 3. The lowest BCUT2D eigenvalue weighted by Gasteiger charge is -2.25. The molecule has 1 fully saturated rings. The Morgan fingerprint density at radius 3 is 2.46 bits per heavy atom. The molecule has 2 N–H and O–H groups in total. The van der Waals surface area contributed by atoms with E-state index in [1.807, 2.05) is 12.1 Å². The molecule has 4 rings (SSSR count). The normalized spacial score (nSPS) is 14.1. The maximum absolute atomic E-state index is 13.3. The molecule has 0 unspecified atom stereocenters. The van der Waals surface area contributed by atoms with Gasteiger partial charge in [-0.1, -0.05) is 12.1 Å². The first-order valence-electron chi connectivity index (χ1n) is 12.8. The van der Waals surface area contributed by atoms with Gasteiger partial charge in [0.15, 0.2) is 0 Å². The molecule has 1 aliphatic rings. The maximum Gasteiger partial charge on any atom is 0.416 e. The van der Waals surface area contributed by atoms with Gasteiger partial charge in [-0.05, 0) is 74.3 Å². The summed E-state index contributed by atoms with van der Waals surface area (Å²) < 4.78 is 51.8. The predicted molar refractivity (Wildman–Crippen MR) is 139 cm³/mol. The minimum atomic E-state index is -4.50. The fourth-order valence-electron chi connectivity index (χ4n) is 4.27. The number of ketones is 1. The van der Waals surface area contributed by atoms with Crippen molar-refractivity contribution >= 4 is 11.7 Å². The molecule has 2 heterocycles. The molecule has 0 radical (unpaired) electrons. The average molecular weight is 542 g/mol. The van der Waals surface area contributed by atoms with Crippen molar-refractivity contribution in [2.24, 2.45) is 0 Å². The van der Waals surface area contributed by atoms with Gasteiger partial charge in [-0.15, -0.1) is 0 Å². The number of pyridine rings is 1. The number of nitrogens with one attached hydrogen (secondary N) is 2. The molecule has 0 atom stereocenters. The fourth-order valence-corrected chi connectivity index (χ4v) is 4.27. The molecule has 0 saturated carbocycles. The minimum Gasteiger partial charge on any atom is -0.490 e. The van der Waals surface area contributed by atoms with Gasteiger partial charge in [0, 0.05) is 37.7 Å². The summed E-state index contributed by atoms with van der Waals surface area (Å²) in [6.07, 6.45) is -1.15. The van der Waals surface area contributed by atoms with Crippen molar-refractivity contribution in [3.05, 3.63) is 83.2 Å². The standard InChI is InChI=1S/C29H30F3N3O4/c1-33-28(37)26-18-25(12-15-35-26)38-23-7-3-19(4-8-23)2-6-22(36)17-20-16-21(29(30,31)32)5-9-27(20)39-24-10-13-34-14-11-24/h3-5,7-9,12,15-16,18,24,34H,2,6,10-11,13-14,17H2,1H3,(H,33,37). The van der Waals surface area contributed by atoms with Gasteiger partial charge in [-0.2, -0.15) is 13.2 Å². The topological polar surface area (TPSA) is 89.5 Å². The molecule has 1 amide bonds. The van der Waals surface area contributed by atoms with Crippen LogP contribution in [-0.4, -0.2) is 42.9 Å². The molecule has 39 heavy (non-hydrogen) atoms. The Kier molecular flexibility index (Phi) is 9.19. The monoisotopic (exact) mass is 541 g/mol. The van der Waals surface area contributed by atoms with Crippen molar-refractivity contribution in [3.63, 3.8) is 0 Å². The maximum atomic E-state index is 13.3. The number of amides is 1. The van der Waals surface area contributed by atoms with Crippen LogP contribution in [0, 0.1) is 0 Å². The highest BCUT2D eigenvalue weighted by atomic mass is 19.4. The third kappa shape index (κ3) is 8.03. The highest BCUT2D eigenvalue weighted by Gasteiger charge is 2.31. The van der Waals surface area contributed by atoms with Crippen LogP contribution >= 0.6 is 0 Å². The summed E-state index contributed by atoms with van der Waals surface area (Å²) in [6.45, 7) is 1.56. The van der Waals surface area contributed by atoms with Crippen LogP contribution in [-0.2, 0) is 23.8 Å². The number of hydrogen-bond acceptors (Lipinski definition) is 6. The molecular formula is C29H30F3N3O4. The molecule has 0 spiro atoms. The molecule has 0 aliphatic carbocycles. The third-order valence-electron chi connectivity index (χ3n) is 6.40. The van der Waals surface area contributed by atoms with Crippen LogP contribution in [0.15, 0.2) is 60.8 Å². The molecule has 1 aliphatic heterocycles. The molecule has 2 aromatic carbocycles. The lowest BCUT2D eigenvalue weighted by atomic mass is 10.00. The zero-order valence-corrected chi connectivity index (χ0v) is 21.5. The van der Waals surface area contributed by atoms with Crippen molar-refractivity contribution in [2.75, 3.05) is 20.1 Å². The molecular weight excluding hydrogens is 511 g/mol.